The van der Waals surface area contributed by atoms with Gasteiger partial charge in [-0.3, -0.25) is 14.9 Å². The van der Waals surface area contributed by atoms with Gasteiger partial charge in [0.25, 0.3) is 5.69 Å². The van der Waals surface area contributed by atoms with E-state index in [4.69, 9.17) is 0 Å². The third-order valence-corrected chi connectivity index (χ3v) is 5.30. The Bertz CT molecular complexity index is 797. The number of carbonyl (C=O) groups is 1. The fraction of sp³-hybridized carbons (Fsp3) is 0.278. The summed E-state index contributed by atoms with van der Waals surface area (Å²) in [6.45, 7) is 2.76. The van der Waals surface area contributed by atoms with Crippen LogP contribution in [0.4, 0.5) is 5.69 Å². The maximum absolute atomic E-state index is 12.6. The number of carbonyl (C=O) groups excluding carboxylic acids is 1. The van der Waals surface area contributed by atoms with Gasteiger partial charge >= 0.3 is 0 Å². The lowest BCUT2D eigenvalue weighted by atomic mass is 9.97. The lowest BCUT2D eigenvalue weighted by Gasteiger charge is -2.34. The summed E-state index contributed by atoms with van der Waals surface area (Å²) in [5.41, 5.74) is 1.69. The van der Waals surface area contributed by atoms with Crippen molar-refractivity contribution in [2.75, 3.05) is 6.54 Å². The van der Waals surface area contributed by atoms with E-state index in [2.05, 4.69) is 18.4 Å². The molecular weight excluding hydrogens is 324 g/mol. The van der Waals surface area contributed by atoms with Crippen LogP contribution in [0.3, 0.4) is 0 Å². The molecule has 1 aliphatic rings. The molecule has 124 valence electrons. The molecule has 6 heteroatoms. The first-order valence-corrected chi connectivity index (χ1v) is 8.78. The number of rotatable bonds is 4. The predicted molar refractivity (Wildman–Crippen MR) is 94.9 cm³/mol. The van der Waals surface area contributed by atoms with Crippen molar-refractivity contribution in [2.24, 2.45) is 0 Å². The van der Waals surface area contributed by atoms with E-state index in [0.717, 1.165) is 12.8 Å². The molecule has 1 aromatic carbocycles. The minimum absolute atomic E-state index is 0.00681. The largest absolute Gasteiger partial charge is 0.332 e. The van der Waals surface area contributed by atoms with Crippen molar-refractivity contribution in [3.05, 3.63) is 67.9 Å². The van der Waals surface area contributed by atoms with Crippen LogP contribution in [0, 0.1) is 10.1 Å². The van der Waals surface area contributed by atoms with Crippen molar-refractivity contribution >= 4 is 29.0 Å². The number of hydrogen-bond donors (Lipinski definition) is 0. The van der Waals surface area contributed by atoms with Crippen molar-refractivity contribution in [1.82, 2.24) is 4.90 Å². The molecule has 0 saturated carbocycles. The number of amides is 1. The van der Waals surface area contributed by atoms with Gasteiger partial charge in [-0.25, -0.2) is 0 Å². The molecule has 2 heterocycles. The topological polar surface area (TPSA) is 63.5 Å². The van der Waals surface area contributed by atoms with Gasteiger partial charge in [0.05, 0.1) is 16.5 Å². The monoisotopic (exact) mass is 342 g/mol. The van der Waals surface area contributed by atoms with Crippen molar-refractivity contribution in [2.45, 2.75) is 25.8 Å². The molecule has 1 aromatic heterocycles. The Labute approximate surface area is 144 Å². The molecular formula is C18H18N2O3S. The SMILES string of the molecule is CCC1c2ccsc2CCN1C(=O)C=Cc1ccccc1[N+](=O)[O-]. The molecule has 0 spiro atoms. The van der Waals surface area contributed by atoms with E-state index in [1.807, 2.05) is 4.90 Å². The first-order chi connectivity index (χ1) is 11.6. The van der Waals surface area contributed by atoms with Gasteiger partial charge < -0.3 is 4.90 Å². The van der Waals surface area contributed by atoms with Gasteiger partial charge in [-0.1, -0.05) is 19.1 Å². The van der Waals surface area contributed by atoms with E-state index >= 15 is 0 Å². The highest BCUT2D eigenvalue weighted by Gasteiger charge is 2.29. The van der Waals surface area contributed by atoms with Crippen LogP contribution in [0.1, 0.15) is 35.4 Å². The van der Waals surface area contributed by atoms with E-state index in [1.165, 1.54) is 28.7 Å². The molecule has 24 heavy (non-hydrogen) atoms. The molecule has 0 bridgehead atoms. The summed E-state index contributed by atoms with van der Waals surface area (Å²) < 4.78 is 0. The molecule has 0 fully saturated rings. The van der Waals surface area contributed by atoms with E-state index in [0.29, 0.717) is 12.1 Å². The summed E-state index contributed by atoms with van der Waals surface area (Å²) in [6.07, 6.45) is 4.71. The fourth-order valence-electron chi connectivity index (χ4n) is 3.15. The number of nitro benzene ring substituents is 1. The molecule has 0 N–H and O–H groups in total. The summed E-state index contributed by atoms with van der Waals surface area (Å²) >= 11 is 1.74. The molecule has 2 aromatic rings. The summed E-state index contributed by atoms with van der Waals surface area (Å²) in [7, 11) is 0. The zero-order valence-electron chi connectivity index (χ0n) is 13.3. The molecule has 3 rings (SSSR count). The standard InChI is InChI=1S/C18H18N2O3S/c1-2-15-14-10-12-24-17(14)9-11-19(15)18(21)8-7-13-5-3-4-6-16(13)20(22)23/h3-8,10,12,15H,2,9,11H2,1H3. The van der Waals surface area contributed by atoms with Crippen molar-refractivity contribution in [3.63, 3.8) is 0 Å². The second kappa shape index (κ2) is 6.97. The van der Waals surface area contributed by atoms with Gasteiger partial charge in [0, 0.05) is 23.6 Å². The number of nitrogens with zero attached hydrogens (tertiary/aromatic N) is 2. The predicted octanol–water partition coefficient (Wildman–Crippen LogP) is 4.21. The minimum Gasteiger partial charge on any atom is -0.332 e. The second-order valence-electron chi connectivity index (χ2n) is 5.65. The van der Waals surface area contributed by atoms with Gasteiger partial charge in [0.15, 0.2) is 0 Å². The Kier molecular flexibility index (Phi) is 4.76. The maximum Gasteiger partial charge on any atom is 0.276 e. The molecule has 0 aliphatic carbocycles. The number of thiophene rings is 1. The molecule has 1 amide bonds. The van der Waals surface area contributed by atoms with Crippen LogP contribution in [0.25, 0.3) is 6.08 Å². The van der Waals surface area contributed by atoms with E-state index in [1.54, 1.807) is 29.5 Å². The zero-order valence-corrected chi connectivity index (χ0v) is 14.2. The molecule has 0 radical (unpaired) electrons. The van der Waals surface area contributed by atoms with Crippen LogP contribution in [0.2, 0.25) is 0 Å². The summed E-state index contributed by atoms with van der Waals surface area (Å²) in [6, 6.07) is 8.61. The Balaban J connectivity index is 1.82. The quantitative estimate of drug-likeness (QED) is 0.475. The number of nitro groups is 1. The Hall–Kier alpha value is -2.47. The highest BCUT2D eigenvalue weighted by molar-refractivity contribution is 7.10. The third kappa shape index (κ3) is 3.10. The highest BCUT2D eigenvalue weighted by atomic mass is 32.1. The van der Waals surface area contributed by atoms with E-state index in [9.17, 15) is 14.9 Å². The van der Waals surface area contributed by atoms with Gasteiger partial charge in [-0.2, -0.15) is 0 Å². The highest BCUT2D eigenvalue weighted by Crippen LogP contribution is 2.35. The third-order valence-electron chi connectivity index (χ3n) is 4.30. The first-order valence-electron chi connectivity index (χ1n) is 7.90. The normalized spacial score (nSPS) is 17.0. The zero-order chi connectivity index (χ0) is 17.1. The van der Waals surface area contributed by atoms with Crippen molar-refractivity contribution in [3.8, 4) is 0 Å². The van der Waals surface area contributed by atoms with Gasteiger partial charge in [0.1, 0.15) is 0 Å². The lowest BCUT2D eigenvalue weighted by Crippen LogP contribution is -2.38. The van der Waals surface area contributed by atoms with E-state index in [-0.39, 0.29) is 17.6 Å². The number of para-hydroxylation sites is 1. The first kappa shape index (κ1) is 16.4. The molecule has 0 saturated heterocycles. The minimum atomic E-state index is -0.433. The molecule has 5 nitrogen and oxygen atoms in total. The summed E-state index contributed by atoms with van der Waals surface area (Å²) in [5.74, 6) is -0.100. The van der Waals surface area contributed by atoms with Crippen molar-refractivity contribution < 1.29 is 9.72 Å². The Morgan fingerprint density at radius 1 is 1.42 bits per heavy atom. The molecule has 1 atom stereocenters. The van der Waals surface area contributed by atoms with E-state index < -0.39 is 4.92 Å². The van der Waals surface area contributed by atoms with Crippen LogP contribution in [-0.4, -0.2) is 22.3 Å². The van der Waals surface area contributed by atoms with Crippen LogP contribution in [0.5, 0.6) is 0 Å². The molecule has 1 unspecified atom stereocenters. The van der Waals surface area contributed by atoms with Crippen LogP contribution in [0.15, 0.2) is 41.8 Å². The lowest BCUT2D eigenvalue weighted by molar-refractivity contribution is -0.385. The van der Waals surface area contributed by atoms with Gasteiger partial charge in [0.2, 0.25) is 5.91 Å². The maximum atomic E-state index is 12.6. The fourth-order valence-corrected chi connectivity index (χ4v) is 4.08. The van der Waals surface area contributed by atoms with Gasteiger partial charge in [-0.05, 0) is 42.0 Å². The Morgan fingerprint density at radius 2 is 2.21 bits per heavy atom. The number of benzene rings is 1. The smallest absolute Gasteiger partial charge is 0.276 e. The second-order valence-corrected chi connectivity index (χ2v) is 6.65. The molecule has 1 aliphatic heterocycles. The summed E-state index contributed by atoms with van der Waals surface area (Å²) in [4.78, 5) is 26.5. The average Bonchev–Trinajstić information content (AvgIpc) is 3.07. The number of hydrogen-bond acceptors (Lipinski definition) is 4. The average molecular weight is 342 g/mol. The van der Waals surface area contributed by atoms with Crippen molar-refractivity contribution in [1.29, 1.82) is 0 Å². The number of fused-ring (bicyclic) bond motifs is 1. The van der Waals surface area contributed by atoms with Crippen LogP contribution < -0.4 is 0 Å². The van der Waals surface area contributed by atoms with Crippen LogP contribution >= 0.6 is 11.3 Å². The van der Waals surface area contributed by atoms with Crippen LogP contribution in [-0.2, 0) is 11.2 Å². The summed E-state index contributed by atoms with van der Waals surface area (Å²) in [5, 5.41) is 13.1. The van der Waals surface area contributed by atoms with Gasteiger partial charge in [-0.15, -0.1) is 11.3 Å². The Morgan fingerprint density at radius 3 is 2.96 bits per heavy atom.